The van der Waals surface area contributed by atoms with Gasteiger partial charge in [-0.15, -0.1) is 11.3 Å². The van der Waals surface area contributed by atoms with Gasteiger partial charge in [0.25, 0.3) is 0 Å². The quantitative estimate of drug-likeness (QED) is 0.134. The normalized spacial score (nSPS) is 22.8. The first-order valence-corrected chi connectivity index (χ1v) is 14.1. The molecule has 0 N–H and O–H groups in total. The minimum Gasteiger partial charge on any atom is -0.454 e. The lowest BCUT2D eigenvalue weighted by Gasteiger charge is -2.17. The molecule has 2 amide bonds. The highest BCUT2D eigenvalue weighted by Crippen LogP contribution is 2.53. The highest BCUT2D eigenvalue weighted by molar-refractivity contribution is 7.12. The van der Waals surface area contributed by atoms with Crippen molar-refractivity contribution in [2.75, 3.05) is 11.5 Å². The minimum absolute atomic E-state index is 0.124. The van der Waals surface area contributed by atoms with E-state index in [9.17, 15) is 19.2 Å². The lowest BCUT2D eigenvalue weighted by atomic mass is 9.85. The molecule has 2 bridgehead atoms. The molecular weight excluding hydrogens is 524 g/mol. The number of pyridine rings is 1. The van der Waals surface area contributed by atoms with Gasteiger partial charge in [-0.3, -0.25) is 19.3 Å². The maximum absolute atomic E-state index is 13.2. The number of Topliss-reactive ketones (excluding diaryl/α,β-unsaturated/α-hetero) is 1. The van der Waals surface area contributed by atoms with Gasteiger partial charge in [-0.05, 0) is 67.0 Å². The van der Waals surface area contributed by atoms with E-state index in [4.69, 9.17) is 9.72 Å². The standard InChI is InChI=1S/C32H24N2O5S/c1-17-4-11-24-22(13-17)23(32(38)39-16-26(35)27-3-2-12-40-27)15-25(33-24)18-7-9-21(10-8-18)34-30(36)28-19-5-6-20(14-19)29(28)31(34)37/h2-13,15,19-20,28-29H,14,16H2,1H3. The van der Waals surface area contributed by atoms with E-state index in [1.165, 1.54) is 16.2 Å². The van der Waals surface area contributed by atoms with Gasteiger partial charge in [0, 0.05) is 10.9 Å². The molecule has 1 saturated carbocycles. The molecule has 7 nitrogen and oxygen atoms in total. The van der Waals surface area contributed by atoms with Crippen LogP contribution in [0, 0.1) is 30.6 Å². The smallest absolute Gasteiger partial charge is 0.339 e. The van der Waals surface area contributed by atoms with Gasteiger partial charge in [0.05, 0.1) is 39.2 Å². The van der Waals surface area contributed by atoms with Gasteiger partial charge >= 0.3 is 5.97 Å². The molecule has 1 aliphatic heterocycles. The summed E-state index contributed by atoms with van der Waals surface area (Å²) < 4.78 is 5.42. The Kier molecular flexibility index (Phi) is 5.75. The Hall–Kier alpha value is -4.43. The van der Waals surface area contributed by atoms with Crippen LogP contribution in [0.1, 0.15) is 32.0 Å². The Balaban J connectivity index is 1.18. The molecule has 0 radical (unpaired) electrons. The maximum Gasteiger partial charge on any atom is 0.339 e. The van der Waals surface area contributed by atoms with E-state index in [2.05, 4.69) is 12.2 Å². The number of carbonyl (C=O) groups is 4. The largest absolute Gasteiger partial charge is 0.454 e. The number of rotatable bonds is 6. The number of imide groups is 1. The van der Waals surface area contributed by atoms with Crippen LogP contribution in [0.2, 0.25) is 0 Å². The van der Waals surface area contributed by atoms with Gasteiger partial charge in [0.15, 0.2) is 6.61 Å². The lowest BCUT2D eigenvalue weighted by molar-refractivity contribution is -0.123. The van der Waals surface area contributed by atoms with Gasteiger partial charge in [0.2, 0.25) is 17.6 Å². The molecule has 3 aliphatic rings. The van der Waals surface area contributed by atoms with Gasteiger partial charge in [-0.25, -0.2) is 9.78 Å². The molecule has 1 saturated heterocycles. The maximum atomic E-state index is 13.2. The first-order valence-electron chi connectivity index (χ1n) is 13.2. The van der Waals surface area contributed by atoms with Crippen LogP contribution >= 0.6 is 11.3 Å². The van der Waals surface area contributed by atoms with Gasteiger partial charge in [-0.1, -0.05) is 42.0 Å². The zero-order valence-corrected chi connectivity index (χ0v) is 22.4. The van der Waals surface area contributed by atoms with Crippen molar-refractivity contribution in [1.82, 2.24) is 4.98 Å². The third-order valence-corrected chi connectivity index (χ3v) is 9.12. The molecule has 4 atom stereocenters. The Morgan fingerprint density at radius 1 is 0.975 bits per heavy atom. The predicted molar refractivity (Wildman–Crippen MR) is 151 cm³/mol. The fourth-order valence-corrected chi connectivity index (χ4v) is 6.96. The third kappa shape index (κ3) is 3.90. The summed E-state index contributed by atoms with van der Waals surface area (Å²) in [6, 6.07) is 17.9. The van der Waals surface area contributed by atoms with E-state index in [-0.39, 0.29) is 47.9 Å². The molecule has 3 heterocycles. The van der Waals surface area contributed by atoms with Crippen LogP contribution in [0.4, 0.5) is 5.69 Å². The number of hydrogen-bond donors (Lipinski definition) is 0. The summed E-state index contributed by atoms with van der Waals surface area (Å²) in [5.41, 5.74) is 3.68. The van der Waals surface area contributed by atoms with Crippen LogP contribution < -0.4 is 4.90 Å². The second-order valence-electron chi connectivity index (χ2n) is 10.6. The number of thiophene rings is 1. The molecule has 2 aromatic heterocycles. The van der Waals surface area contributed by atoms with Crippen LogP contribution in [0.5, 0.6) is 0 Å². The van der Waals surface area contributed by atoms with Crippen molar-refractivity contribution < 1.29 is 23.9 Å². The average Bonchev–Trinajstić information content (AvgIpc) is 3.77. The van der Waals surface area contributed by atoms with Crippen LogP contribution in [0.15, 0.2) is 78.2 Å². The van der Waals surface area contributed by atoms with Crippen molar-refractivity contribution in [3.8, 4) is 11.3 Å². The Bertz CT molecular complexity index is 1710. The highest BCUT2D eigenvalue weighted by Gasteiger charge is 2.59. The van der Waals surface area contributed by atoms with Gasteiger partial charge in [-0.2, -0.15) is 0 Å². The number of ether oxygens (including phenoxy) is 1. The zero-order chi connectivity index (χ0) is 27.5. The number of esters is 1. The number of anilines is 1. The first-order chi connectivity index (χ1) is 19.4. The van der Waals surface area contributed by atoms with Gasteiger partial charge < -0.3 is 4.74 Å². The van der Waals surface area contributed by atoms with E-state index < -0.39 is 5.97 Å². The fourth-order valence-electron chi connectivity index (χ4n) is 6.31. The molecule has 0 spiro atoms. The van der Waals surface area contributed by atoms with Crippen molar-refractivity contribution in [2.24, 2.45) is 23.7 Å². The topological polar surface area (TPSA) is 93.6 Å². The number of fused-ring (bicyclic) bond motifs is 6. The van der Waals surface area contributed by atoms with Crippen LogP contribution in [-0.2, 0) is 14.3 Å². The molecule has 8 heteroatoms. The molecule has 4 aromatic rings. The number of aromatic nitrogens is 1. The zero-order valence-electron chi connectivity index (χ0n) is 21.6. The Morgan fingerprint density at radius 3 is 2.38 bits per heavy atom. The fraction of sp³-hybridized carbons (Fsp3) is 0.219. The highest BCUT2D eigenvalue weighted by atomic mass is 32.1. The number of nitrogens with zero attached hydrogens (tertiary/aromatic N) is 2. The third-order valence-electron chi connectivity index (χ3n) is 8.21. The lowest BCUT2D eigenvalue weighted by Crippen LogP contribution is -2.32. The molecule has 198 valence electrons. The summed E-state index contributed by atoms with van der Waals surface area (Å²) in [4.78, 5) is 58.6. The summed E-state index contributed by atoms with van der Waals surface area (Å²) in [5, 5.41) is 2.44. The molecular formula is C32H24N2O5S. The number of hydrogen-bond acceptors (Lipinski definition) is 7. The minimum atomic E-state index is -0.608. The Labute approximate surface area is 234 Å². The van der Waals surface area contributed by atoms with Crippen LogP contribution in [0.3, 0.4) is 0 Å². The van der Waals surface area contributed by atoms with Crippen LogP contribution in [0.25, 0.3) is 22.2 Å². The Morgan fingerprint density at radius 2 is 1.70 bits per heavy atom. The summed E-state index contributed by atoms with van der Waals surface area (Å²) in [6.07, 6.45) is 5.05. The molecule has 7 rings (SSSR count). The van der Waals surface area contributed by atoms with E-state index >= 15 is 0 Å². The van der Waals surface area contributed by atoms with Gasteiger partial charge in [0.1, 0.15) is 0 Å². The first kappa shape index (κ1) is 24.6. The monoisotopic (exact) mass is 548 g/mol. The summed E-state index contributed by atoms with van der Waals surface area (Å²) >= 11 is 1.30. The van der Waals surface area contributed by atoms with Crippen molar-refractivity contribution in [2.45, 2.75) is 13.3 Å². The number of benzene rings is 2. The van der Waals surface area contributed by atoms with Crippen LogP contribution in [-0.4, -0.2) is 35.2 Å². The van der Waals surface area contributed by atoms with E-state index in [0.29, 0.717) is 32.7 Å². The predicted octanol–water partition coefficient (Wildman–Crippen LogP) is 5.62. The molecule has 4 unspecified atom stereocenters. The van der Waals surface area contributed by atoms with Crippen molar-refractivity contribution in [1.29, 1.82) is 0 Å². The second-order valence-corrected chi connectivity index (χ2v) is 11.6. The summed E-state index contributed by atoms with van der Waals surface area (Å²) in [6.45, 7) is 1.58. The second kappa shape index (κ2) is 9.34. The number of amides is 2. The summed E-state index contributed by atoms with van der Waals surface area (Å²) in [7, 11) is 0. The molecule has 2 fully saturated rings. The van der Waals surface area contributed by atoms with E-state index in [1.54, 1.807) is 47.8 Å². The molecule has 40 heavy (non-hydrogen) atoms. The average molecular weight is 549 g/mol. The molecule has 2 aromatic carbocycles. The summed E-state index contributed by atoms with van der Waals surface area (Å²) in [5.74, 6) is -1.32. The van der Waals surface area contributed by atoms with Crippen molar-refractivity contribution >= 4 is 51.5 Å². The number of allylic oxidation sites excluding steroid dienone is 2. The number of ketones is 1. The SMILES string of the molecule is Cc1ccc2nc(-c3ccc(N4C(=O)C5C6C=CC(C6)C5C4=O)cc3)cc(C(=O)OCC(=O)c3cccs3)c2c1. The van der Waals surface area contributed by atoms with Crippen molar-refractivity contribution in [3.05, 3.63) is 94.2 Å². The van der Waals surface area contributed by atoms with E-state index in [0.717, 1.165) is 17.5 Å². The molecule has 2 aliphatic carbocycles. The number of aryl methyl sites for hydroxylation is 1. The van der Waals surface area contributed by atoms with Crippen molar-refractivity contribution in [3.63, 3.8) is 0 Å². The number of carbonyl (C=O) groups excluding carboxylic acids is 4. The van der Waals surface area contributed by atoms with E-state index in [1.807, 2.05) is 25.1 Å².